The van der Waals surface area contributed by atoms with Gasteiger partial charge in [0, 0.05) is 24.3 Å². The van der Waals surface area contributed by atoms with Crippen molar-refractivity contribution in [2.75, 3.05) is 18.4 Å². The van der Waals surface area contributed by atoms with Gasteiger partial charge in [0.1, 0.15) is 0 Å². The Bertz CT molecular complexity index is 740. The van der Waals surface area contributed by atoms with Gasteiger partial charge >= 0.3 is 0 Å². The van der Waals surface area contributed by atoms with Crippen LogP contribution in [0.15, 0.2) is 48.5 Å². The zero-order chi connectivity index (χ0) is 16.2. The van der Waals surface area contributed by atoms with E-state index in [-0.39, 0.29) is 18.2 Å². The molecule has 23 heavy (non-hydrogen) atoms. The number of ketones is 1. The van der Waals surface area contributed by atoms with Crippen LogP contribution in [0.5, 0.6) is 0 Å². The molecule has 0 spiro atoms. The number of benzene rings is 2. The van der Waals surface area contributed by atoms with E-state index in [1.807, 2.05) is 35.2 Å². The number of hydrogen-bond donors (Lipinski definition) is 1. The molecule has 1 aliphatic rings. The van der Waals surface area contributed by atoms with Crippen molar-refractivity contribution in [3.63, 3.8) is 0 Å². The Morgan fingerprint density at radius 2 is 1.74 bits per heavy atom. The van der Waals surface area contributed by atoms with E-state index in [0.29, 0.717) is 17.8 Å². The molecule has 0 aliphatic carbocycles. The highest BCUT2D eigenvalue weighted by Crippen LogP contribution is 2.19. The Labute approximate surface area is 136 Å². The monoisotopic (exact) mass is 308 g/mol. The smallest absolute Gasteiger partial charge is 0.242 e. The summed E-state index contributed by atoms with van der Waals surface area (Å²) in [5, 5.41) is 3.10. The summed E-state index contributed by atoms with van der Waals surface area (Å²) in [5.41, 5.74) is 3.87. The summed E-state index contributed by atoms with van der Waals surface area (Å²) >= 11 is 0. The zero-order valence-corrected chi connectivity index (χ0v) is 13.2. The predicted molar refractivity (Wildman–Crippen MR) is 90.5 cm³/mol. The molecular formula is C19H20N2O2. The predicted octanol–water partition coefficient (Wildman–Crippen LogP) is 2.89. The van der Waals surface area contributed by atoms with Crippen LogP contribution in [0.3, 0.4) is 0 Å². The molecule has 3 rings (SSSR count). The summed E-state index contributed by atoms with van der Waals surface area (Å²) in [6, 6.07) is 15.5. The number of nitrogens with one attached hydrogen (secondary N) is 1. The maximum atomic E-state index is 12.4. The van der Waals surface area contributed by atoms with E-state index in [2.05, 4.69) is 17.4 Å². The van der Waals surface area contributed by atoms with Crippen LogP contribution in [-0.4, -0.2) is 29.7 Å². The van der Waals surface area contributed by atoms with Gasteiger partial charge < -0.3 is 10.2 Å². The van der Waals surface area contributed by atoms with Gasteiger partial charge in [0.15, 0.2) is 5.78 Å². The fraction of sp³-hybridized carbons (Fsp3) is 0.263. The minimum absolute atomic E-state index is 0.00699. The number of anilines is 1. The average Bonchev–Trinajstić information content (AvgIpc) is 2.59. The molecule has 4 heteroatoms. The standard InChI is InChI=1S/C19H20N2O2/c1-14(22)17-8-4-5-9-18(17)20-12-19(23)21-11-10-15-6-2-3-7-16(15)13-21/h2-9,20H,10-13H2,1H3. The lowest BCUT2D eigenvalue weighted by Crippen LogP contribution is -2.39. The topological polar surface area (TPSA) is 49.4 Å². The largest absolute Gasteiger partial charge is 0.376 e. The Kier molecular flexibility index (Phi) is 4.42. The number of rotatable bonds is 4. The van der Waals surface area contributed by atoms with Crippen LogP contribution in [-0.2, 0) is 17.8 Å². The van der Waals surface area contributed by atoms with E-state index >= 15 is 0 Å². The fourth-order valence-corrected chi connectivity index (χ4v) is 2.94. The summed E-state index contributed by atoms with van der Waals surface area (Å²) in [6.45, 7) is 3.13. The second kappa shape index (κ2) is 6.65. The maximum Gasteiger partial charge on any atom is 0.242 e. The number of carbonyl (C=O) groups is 2. The highest BCUT2D eigenvalue weighted by atomic mass is 16.2. The van der Waals surface area contributed by atoms with E-state index in [9.17, 15) is 9.59 Å². The van der Waals surface area contributed by atoms with E-state index < -0.39 is 0 Å². The first kappa shape index (κ1) is 15.3. The molecule has 0 unspecified atom stereocenters. The summed E-state index contributed by atoms with van der Waals surface area (Å²) in [4.78, 5) is 25.9. The number of carbonyl (C=O) groups excluding carboxylic acids is 2. The van der Waals surface area contributed by atoms with Crippen molar-refractivity contribution in [3.05, 3.63) is 65.2 Å². The van der Waals surface area contributed by atoms with Crippen molar-refractivity contribution in [2.45, 2.75) is 19.9 Å². The number of Topliss-reactive ketones (excluding diaryl/α,β-unsaturated/α-hetero) is 1. The molecule has 0 saturated heterocycles. The number of amides is 1. The third-order valence-corrected chi connectivity index (χ3v) is 4.22. The first-order valence-corrected chi connectivity index (χ1v) is 7.83. The minimum Gasteiger partial charge on any atom is -0.376 e. The zero-order valence-electron chi connectivity index (χ0n) is 13.2. The van der Waals surface area contributed by atoms with Gasteiger partial charge in [-0.1, -0.05) is 36.4 Å². The van der Waals surface area contributed by atoms with Gasteiger partial charge in [-0.15, -0.1) is 0 Å². The summed E-state index contributed by atoms with van der Waals surface area (Å²) in [7, 11) is 0. The summed E-state index contributed by atoms with van der Waals surface area (Å²) < 4.78 is 0. The van der Waals surface area contributed by atoms with Gasteiger partial charge in [-0.3, -0.25) is 9.59 Å². The van der Waals surface area contributed by atoms with E-state index in [4.69, 9.17) is 0 Å². The molecular weight excluding hydrogens is 288 g/mol. The third-order valence-electron chi connectivity index (χ3n) is 4.22. The molecule has 2 aromatic carbocycles. The lowest BCUT2D eigenvalue weighted by atomic mass is 10.00. The number of para-hydroxylation sites is 1. The molecule has 0 atom stereocenters. The molecule has 4 nitrogen and oxygen atoms in total. The molecule has 2 aromatic rings. The Hall–Kier alpha value is -2.62. The highest BCUT2D eigenvalue weighted by molar-refractivity contribution is 6.00. The third kappa shape index (κ3) is 3.42. The van der Waals surface area contributed by atoms with Gasteiger partial charge in [0.05, 0.1) is 6.54 Å². The van der Waals surface area contributed by atoms with E-state index in [1.165, 1.54) is 18.1 Å². The van der Waals surface area contributed by atoms with Gasteiger partial charge in [-0.2, -0.15) is 0 Å². The number of nitrogens with zero attached hydrogens (tertiary/aromatic N) is 1. The van der Waals surface area contributed by atoms with Crippen molar-refractivity contribution >= 4 is 17.4 Å². The SMILES string of the molecule is CC(=O)c1ccccc1NCC(=O)N1CCc2ccccc2C1. The molecule has 1 N–H and O–H groups in total. The van der Waals surface area contributed by atoms with Gasteiger partial charge in [0.2, 0.25) is 5.91 Å². The van der Waals surface area contributed by atoms with Crippen molar-refractivity contribution in [1.29, 1.82) is 0 Å². The van der Waals surface area contributed by atoms with Crippen LogP contribution in [0.2, 0.25) is 0 Å². The maximum absolute atomic E-state index is 12.4. The number of fused-ring (bicyclic) bond motifs is 1. The minimum atomic E-state index is -0.00699. The van der Waals surface area contributed by atoms with Crippen LogP contribution >= 0.6 is 0 Å². The van der Waals surface area contributed by atoms with E-state index in [1.54, 1.807) is 6.07 Å². The van der Waals surface area contributed by atoms with Crippen LogP contribution < -0.4 is 5.32 Å². The average molecular weight is 308 g/mol. The van der Waals surface area contributed by atoms with Crippen LogP contribution in [0, 0.1) is 0 Å². The van der Waals surface area contributed by atoms with Crippen LogP contribution in [0.4, 0.5) is 5.69 Å². The van der Waals surface area contributed by atoms with Gasteiger partial charge in [-0.25, -0.2) is 0 Å². The van der Waals surface area contributed by atoms with Gasteiger partial charge in [0.25, 0.3) is 0 Å². The Balaban J connectivity index is 1.64. The highest BCUT2D eigenvalue weighted by Gasteiger charge is 2.20. The van der Waals surface area contributed by atoms with Crippen LogP contribution in [0.1, 0.15) is 28.4 Å². The Morgan fingerprint density at radius 1 is 1.04 bits per heavy atom. The fourth-order valence-electron chi connectivity index (χ4n) is 2.94. The lowest BCUT2D eigenvalue weighted by Gasteiger charge is -2.29. The second-order valence-corrected chi connectivity index (χ2v) is 5.79. The number of hydrogen-bond acceptors (Lipinski definition) is 3. The quantitative estimate of drug-likeness (QED) is 0.884. The normalized spacial score (nSPS) is 13.3. The van der Waals surface area contributed by atoms with E-state index in [0.717, 1.165) is 13.0 Å². The molecule has 1 aliphatic heterocycles. The van der Waals surface area contributed by atoms with Crippen molar-refractivity contribution in [2.24, 2.45) is 0 Å². The molecule has 1 heterocycles. The molecule has 0 aromatic heterocycles. The molecule has 0 radical (unpaired) electrons. The lowest BCUT2D eigenvalue weighted by molar-refractivity contribution is -0.130. The second-order valence-electron chi connectivity index (χ2n) is 5.79. The summed E-state index contributed by atoms with van der Waals surface area (Å²) in [5.74, 6) is 0.0466. The first-order valence-electron chi connectivity index (χ1n) is 7.83. The molecule has 0 bridgehead atoms. The van der Waals surface area contributed by atoms with Crippen molar-refractivity contribution in [3.8, 4) is 0 Å². The van der Waals surface area contributed by atoms with Gasteiger partial charge in [-0.05, 0) is 36.6 Å². The Morgan fingerprint density at radius 3 is 2.52 bits per heavy atom. The molecule has 0 saturated carbocycles. The molecule has 1 amide bonds. The first-order chi connectivity index (χ1) is 11.1. The molecule has 118 valence electrons. The van der Waals surface area contributed by atoms with Crippen molar-refractivity contribution in [1.82, 2.24) is 4.90 Å². The molecule has 0 fully saturated rings. The van der Waals surface area contributed by atoms with Crippen LogP contribution in [0.25, 0.3) is 0 Å². The summed E-state index contributed by atoms with van der Waals surface area (Å²) in [6.07, 6.45) is 0.895. The van der Waals surface area contributed by atoms with Crippen molar-refractivity contribution < 1.29 is 9.59 Å².